The smallest absolute Gasteiger partial charge is 0.261 e. The summed E-state index contributed by atoms with van der Waals surface area (Å²) in [4.78, 5) is 13.5. The van der Waals surface area contributed by atoms with Crippen LogP contribution in [-0.4, -0.2) is 19.1 Å². The van der Waals surface area contributed by atoms with E-state index in [1.807, 2.05) is 48.5 Å². The average Bonchev–Trinajstić information content (AvgIpc) is 3.01. The van der Waals surface area contributed by atoms with E-state index in [1.54, 1.807) is 0 Å². The first-order chi connectivity index (χ1) is 13.7. The first-order valence-electron chi connectivity index (χ1n) is 9.19. The Hall–Kier alpha value is -2.31. The number of benzene rings is 2. The molecule has 1 N–H and O–H groups in total. The fraction of sp³-hybridized carbons (Fsp3) is 0.227. The van der Waals surface area contributed by atoms with Gasteiger partial charge in [0.25, 0.3) is 5.91 Å². The number of thiophene rings is 1. The van der Waals surface area contributed by atoms with Crippen LogP contribution >= 0.6 is 27.3 Å². The van der Waals surface area contributed by atoms with Crippen LogP contribution in [0, 0.1) is 0 Å². The van der Waals surface area contributed by atoms with Gasteiger partial charge in [-0.2, -0.15) is 0 Å². The normalized spacial score (nSPS) is 14.2. The summed E-state index contributed by atoms with van der Waals surface area (Å²) in [7, 11) is 0. The van der Waals surface area contributed by atoms with Crippen LogP contribution in [0.15, 0.2) is 64.5 Å². The lowest BCUT2D eigenvalue weighted by molar-refractivity contribution is 0.0940. The van der Waals surface area contributed by atoms with Crippen molar-refractivity contribution in [3.63, 3.8) is 0 Å². The van der Waals surface area contributed by atoms with Crippen molar-refractivity contribution in [2.75, 3.05) is 13.2 Å². The maximum Gasteiger partial charge on any atom is 0.261 e. The first kappa shape index (κ1) is 19.0. The largest absolute Gasteiger partial charge is 0.490 e. The standard InChI is InChI=1S/C22H20BrNO3S/c23-21-10-9-20(28-21)22(25)24-17(13-15-5-2-1-3-6-15)16-7-8-18-19(14-16)27-12-4-11-26-18/h1-3,5-10,14,17H,4,11-13H2,(H,24,25). The maximum absolute atomic E-state index is 12.8. The van der Waals surface area contributed by atoms with Gasteiger partial charge in [-0.25, -0.2) is 0 Å². The Morgan fingerprint density at radius 3 is 2.57 bits per heavy atom. The van der Waals surface area contributed by atoms with Gasteiger partial charge in [0.05, 0.1) is 27.9 Å². The Kier molecular flexibility index (Phi) is 5.98. The van der Waals surface area contributed by atoms with Gasteiger partial charge in [0.2, 0.25) is 0 Å². The molecule has 0 bridgehead atoms. The van der Waals surface area contributed by atoms with Crippen LogP contribution < -0.4 is 14.8 Å². The van der Waals surface area contributed by atoms with E-state index in [1.165, 1.54) is 11.3 Å². The van der Waals surface area contributed by atoms with Crippen LogP contribution in [-0.2, 0) is 6.42 Å². The predicted octanol–water partition coefficient (Wildman–Crippen LogP) is 5.39. The molecule has 3 aromatic rings. The fourth-order valence-electron chi connectivity index (χ4n) is 3.16. The van der Waals surface area contributed by atoms with Crippen LogP contribution in [0.2, 0.25) is 0 Å². The molecule has 144 valence electrons. The molecule has 2 aromatic carbocycles. The third kappa shape index (κ3) is 4.56. The lowest BCUT2D eigenvalue weighted by Gasteiger charge is -2.20. The van der Waals surface area contributed by atoms with Crippen molar-refractivity contribution < 1.29 is 14.3 Å². The third-order valence-electron chi connectivity index (χ3n) is 4.56. The quantitative estimate of drug-likeness (QED) is 0.558. The Morgan fingerprint density at radius 1 is 1.04 bits per heavy atom. The molecule has 1 aromatic heterocycles. The molecule has 0 saturated carbocycles. The highest BCUT2D eigenvalue weighted by molar-refractivity contribution is 9.11. The SMILES string of the molecule is O=C(NC(Cc1ccccc1)c1ccc2c(c1)OCCCO2)c1ccc(Br)s1. The van der Waals surface area contributed by atoms with E-state index < -0.39 is 0 Å². The minimum absolute atomic E-state index is 0.0799. The van der Waals surface area contributed by atoms with E-state index in [-0.39, 0.29) is 11.9 Å². The number of rotatable bonds is 5. The predicted molar refractivity (Wildman–Crippen MR) is 114 cm³/mol. The minimum Gasteiger partial charge on any atom is -0.490 e. The van der Waals surface area contributed by atoms with Gasteiger partial charge in [0.1, 0.15) is 0 Å². The lowest BCUT2D eigenvalue weighted by Crippen LogP contribution is -2.29. The average molecular weight is 458 g/mol. The number of carbonyl (C=O) groups is 1. The summed E-state index contributed by atoms with van der Waals surface area (Å²) in [6.07, 6.45) is 1.56. The summed E-state index contributed by atoms with van der Waals surface area (Å²) in [5.74, 6) is 1.41. The molecule has 1 unspecified atom stereocenters. The number of amides is 1. The Balaban J connectivity index is 1.62. The van der Waals surface area contributed by atoms with Gasteiger partial charge < -0.3 is 14.8 Å². The van der Waals surface area contributed by atoms with E-state index in [9.17, 15) is 4.79 Å². The highest BCUT2D eigenvalue weighted by atomic mass is 79.9. The molecule has 0 radical (unpaired) electrons. The van der Waals surface area contributed by atoms with Crippen molar-refractivity contribution in [3.05, 3.63) is 80.5 Å². The lowest BCUT2D eigenvalue weighted by atomic mass is 9.98. The molecule has 0 saturated heterocycles. The monoisotopic (exact) mass is 457 g/mol. The summed E-state index contributed by atoms with van der Waals surface area (Å²) in [5, 5.41) is 3.19. The molecule has 4 nitrogen and oxygen atoms in total. The van der Waals surface area contributed by atoms with Crippen molar-refractivity contribution in [1.29, 1.82) is 0 Å². The fourth-order valence-corrected chi connectivity index (χ4v) is 4.45. The molecular weight excluding hydrogens is 438 g/mol. The maximum atomic E-state index is 12.8. The van der Waals surface area contributed by atoms with E-state index in [0.717, 1.165) is 32.8 Å². The van der Waals surface area contributed by atoms with E-state index in [0.29, 0.717) is 24.5 Å². The molecule has 0 aliphatic carbocycles. The molecule has 1 amide bonds. The van der Waals surface area contributed by atoms with Gasteiger partial charge in [-0.3, -0.25) is 4.79 Å². The van der Waals surface area contributed by atoms with Gasteiger partial charge in [-0.05, 0) is 57.7 Å². The van der Waals surface area contributed by atoms with Crippen molar-refractivity contribution in [3.8, 4) is 11.5 Å². The summed E-state index contributed by atoms with van der Waals surface area (Å²) in [6, 6.07) is 19.6. The number of hydrogen-bond donors (Lipinski definition) is 1. The molecule has 0 spiro atoms. The second-order valence-corrected chi connectivity index (χ2v) is 9.04. The molecular formula is C22H20BrNO3S. The first-order valence-corrected chi connectivity index (χ1v) is 10.8. The third-order valence-corrected chi connectivity index (χ3v) is 6.18. The van der Waals surface area contributed by atoms with Gasteiger partial charge in [0.15, 0.2) is 11.5 Å². The van der Waals surface area contributed by atoms with Crippen LogP contribution in [0.3, 0.4) is 0 Å². The minimum atomic E-state index is -0.173. The molecule has 2 heterocycles. The molecule has 1 aliphatic rings. The van der Waals surface area contributed by atoms with E-state index in [2.05, 4.69) is 33.4 Å². The highest BCUT2D eigenvalue weighted by Gasteiger charge is 2.20. The summed E-state index contributed by atoms with van der Waals surface area (Å²) in [5.41, 5.74) is 2.16. The van der Waals surface area contributed by atoms with E-state index >= 15 is 0 Å². The molecule has 28 heavy (non-hydrogen) atoms. The van der Waals surface area contributed by atoms with Gasteiger partial charge in [-0.1, -0.05) is 36.4 Å². The second kappa shape index (κ2) is 8.80. The van der Waals surface area contributed by atoms with Crippen molar-refractivity contribution in [2.24, 2.45) is 0 Å². The zero-order valence-electron chi connectivity index (χ0n) is 15.2. The molecule has 1 atom stereocenters. The van der Waals surface area contributed by atoms with Crippen molar-refractivity contribution >= 4 is 33.2 Å². The zero-order chi connectivity index (χ0) is 19.3. The molecule has 6 heteroatoms. The number of carbonyl (C=O) groups excluding carboxylic acids is 1. The Morgan fingerprint density at radius 2 is 1.82 bits per heavy atom. The summed E-state index contributed by atoms with van der Waals surface area (Å²) >= 11 is 4.85. The second-order valence-electron chi connectivity index (χ2n) is 6.58. The Labute approximate surface area is 176 Å². The van der Waals surface area contributed by atoms with Gasteiger partial charge in [-0.15, -0.1) is 11.3 Å². The molecule has 0 fully saturated rings. The number of hydrogen-bond acceptors (Lipinski definition) is 4. The van der Waals surface area contributed by atoms with Gasteiger partial charge in [0, 0.05) is 6.42 Å². The number of fused-ring (bicyclic) bond motifs is 1. The Bertz CT molecular complexity index is 957. The number of halogens is 1. The molecule has 1 aliphatic heterocycles. The molecule has 4 rings (SSSR count). The highest BCUT2D eigenvalue weighted by Crippen LogP contribution is 2.33. The van der Waals surface area contributed by atoms with Crippen LogP contribution in [0.1, 0.15) is 33.3 Å². The van der Waals surface area contributed by atoms with Gasteiger partial charge >= 0.3 is 0 Å². The zero-order valence-corrected chi connectivity index (χ0v) is 17.6. The van der Waals surface area contributed by atoms with Crippen molar-refractivity contribution in [2.45, 2.75) is 18.9 Å². The number of nitrogens with one attached hydrogen (secondary N) is 1. The van der Waals surface area contributed by atoms with Crippen molar-refractivity contribution in [1.82, 2.24) is 5.32 Å². The topological polar surface area (TPSA) is 47.6 Å². The summed E-state index contributed by atoms with van der Waals surface area (Å²) < 4.78 is 12.5. The van der Waals surface area contributed by atoms with Crippen LogP contribution in [0.5, 0.6) is 11.5 Å². The summed E-state index contributed by atoms with van der Waals surface area (Å²) in [6.45, 7) is 1.29. The van der Waals surface area contributed by atoms with Crippen LogP contribution in [0.25, 0.3) is 0 Å². The van der Waals surface area contributed by atoms with E-state index in [4.69, 9.17) is 9.47 Å². The van der Waals surface area contributed by atoms with Crippen LogP contribution in [0.4, 0.5) is 0 Å². The number of ether oxygens (including phenoxy) is 2.